The minimum absolute atomic E-state index is 0.00747. The van der Waals surface area contributed by atoms with Crippen molar-refractivity contribution in [2.75, 3.05) is 26.4 Å². The van der Waals surface area contributed by atoms with Gasteiger partial charge in [0.25, 0.3) is 0 Å². The third kappa shape index (κ3) is 34.7. The number of carbonyl (C=O) groups is 2. The number of carbonyl (C=O) groups excluding carboxylic acids is 2. The summed E-state index contributed by atoms with van der Waals surface area (Å²) in [7, 11) is -9.79. The van der Waals surface area contributed by atoms with Crippen LogP contribution in [0.2, 0.25) is 0 Å². The van der Waals surface area contributed by atoms with Crippen LogP contribution in [0, 0.1) is 11.8 Å². The molecule has 0 amide bonds. The fourth-order valence-corrected chi connectivity index (χ4v) is 8.07. The van der Waals surface area contributed by atoms with Gasteiger partial charge >= 0.3 is 27.6 Å². The normalized spacial score (nSPS) is 20.7. The summed E-state index contributed by atoms with van der Waals surface area (Å²) < 4.78 is 47.8. The number of aliphatic hydroxyl groups excluding tert-OH is 4. The van der Waals surface area contributed by atoms with Gasteiger partial charge in [-0.2, -0.15) is 0 Å². The molecule has 0 aromatic heterocycles. The molecule has 0 heterocycles. The maximum atomic E-state index is 12.7. The van der Waals surface area contributed by atoms with Crippen molar-refractivity contribution in [3.63, 3.8) is 0 Å². The zero-order valence-electron chi connectivity index (χ0n) is 39.3. The highest BCUT2D eigenvalue weighted by molar-refractivity contribution is 7.47. The second kappa shape index (κ2) is 38.3. The Hall–Kier alpha value is -2.56. The van der Waals surface area contributed by atoms with Crippen molar-refractivity contribution >= 4 is 27.6 Å². The lowest BCUT2D eigenvalue weighted by molar-refractivity contribution is -0.161. The minimum atomic E-state index is -4.90. The van der Waals surface area contributed by atoms with Gasteiger partial charge in [0.1, 0.15) is 12.7 Å². The van der Waals surface area contributed by atoms with Gasteiger partial charge in [0, 0.05) is 25.2 Å². The smallest absolute Gasteiger partial charge is 0.462 e. The van der Waals surface area contributed by atoms with Crippen LogP contribution in [-0.4, -0.2) is 104 Å². The van der Waals surface area contributed by atoms with Crippen molar-refractivity contribution in [3.05, 3.63) is 72.9 Å². The van der Waals surface area contributed by atoms with Crippen LogP contribution < -0.4 is 0 Å². The van der Waals surface area contributed by atoms with E-state index in [0.29, 0.717) is 32.1 Å². The van der Waals surface area contributed by atoms with Gasteiger partial charge < -0.3 is 44.6 Å². The highest BCUT2D eigenvalue weighted by Crippen LogP contribution is 2.44. The van der Waals surface area contributed by atoms with Gasteiger partial charge in [0.15, 0.2) is 6.10 Å². The van der Waals surface area contributed by atoms with E-state index in [4.69, 9.17) is 23.8 Å². The second-order valence-electron chi connectivity index (χ2n) is 16.6. The fraction of sp³-hybridized carbons (Fsp3) is 0.708. The summed E-state index contributed by atoms with van der Waals surface area (Å²) in [5.74, 6) is -1.76. The molecule has 7 N–H and O–H groups in total. The summed E-state index contributed by atoms with van der Waals surface area (Å²) >= 11 is 0. The molecule has 1 fully saturated rings. The molecule has 1 aliphatic rings. The maximum Gasteiger partial charge on any atom is 0.472 e. The molecule has 0 spiro atoms. The van der Waals surface area contributed by atoms with Crippen molar-refractivity contribution in [1.82, 2.24) is 0 Å². The molecule has 0 saturated heterocycles. The van der Waals surface area contributed by atoms with E-state index in [1.165, 1.54) is 19.3 Å². The molecule has 0 bridgehead atoms. The van der Waals surface area contributed by atoms with Crippen LogP contribution in [-0.2, 0) is 41.8 Å². The van der Waals surface area contributed by atoms with E-state index < -0.39 is 84.5 Å². The molecule has 0 radical (unpaired) electrons. The van der Waals surface area contributed by atoms with Gasteiger partial charge in [-0.3, -0.25) is 23.2 Å². The average Bonchev–Trinajstić information content (AvgIpc) is 3.54. The topological polar surface area (TPSA) is 256 Å². The van der Waals surface area contributed by atoms with Crippen LogP contribution >= 0.6 is 15.6 Å². The maximum absolute atomic E-state index is 12.7. The highest BCUT2D eigenvalue weighted by Gasteiger charge is 2.39. The van der Waals surface area contributed by atoms with Gasteiger partial charge in [-0.15, -0.1) is 0 Å². The first kappa shape index (κ1) is 61.5. The summed E-state index contributed by atoms with van der Waals surface area (Å²) in [5, 5.41) is 41.1. The molecule has 1 saturated carbocycles. The molecule has 16 nitrogen and oxygen atoms in total. The van der Waals surface area contributed by atoms with E-state index in [9.17, 15) is 44.0 Å². The lowest BCUT2D eigenvalue weighted by atomic mass is 9.89. The highest BCUT2D eigenvalue weighted by atomic mass is 31.2. The molecular formula is C48H82O16P2. The van der Waals surface area contributed by atoms with Crippen molar-refractivity contribution in [1.29, 1.82) is 0 Å². The molecule has 0 aromatic rings. The van der Waals surface area contributed by atoms with Crippen molar-refractivity contribution in [2.24, 2.45) is 11.8 Å². The summed E-state index contributed by atoms with van der Waals surface area (Å²) in [4.78, 5) is 53.0. The minimum Gasteiger partial charge on any atom is -0.462 e. The molecule has 380 valence electrons. The van der Waals surface area contributed by atoms with Crippen LogP contribution in [0.25, 0.3) is 0 Å². The number of phosphoric ester groups is 2. The van der Waals surface area contributed by atoms with Crippen molar-refractivity contribution in [2.45, 2.75) is 179 Å². The number of unbranched alkanes of at least 4 members (excludes halogenated alkanes) is 9. The molecule has 66 heavy (non-hydrogen) atoms. The number of rotatable bonds is 40. The predicted octanol–water partition coefficient (Wildman–Crippen LogP) is 8.94. The van der Waals surface area contributed by atoms with E-state index in [-0.39, 0.29) is 31.1 Å². The van der Waals surface area contributed by atoms with Gasteiger partial charge in [-0.1, -0.05) is 125 Å². The molecule has 0 aromatic carbocycles. The van der Waals surface area contributed by atoms with Crippen LogP contribution in [0.5, 0.6) is 0 Å². The van der Waals surface area contributed by atoms with Crippen LogP contribution in [0.15, 0.2) is 72.9 Å². The standard InChI is InChI=1S/C48H82O16P2/c1-3-5-7-8-9-10-11-12-13-14-15-16-17-18-19-20-21-22-28-32-48(54)64-42(39-63-66(58,59)62-37-41(50)36-61-65(55,56)57)38-60-47(53)31-27-24-23-26-30-43-44(46(52)35-45(43)51)34-33-40(49)29-25-6-4-2/h9-10,12-13,15-16,18-19,23,26,33-34,40-46,49-52H,3-8,11,14,17,20-22,24-25,27-32,35-39H2,1-2H3,(H,58,59)(H2,55,56,57)/b10-9-,13-12-,16-15-,19-18-,26-23+,34-33+/t40-,41-,42+,43+,44+,45-,46+/m0/s1. The second-order valence-corrected chi connectivity index (χ2v) is 19.3. The number of esters is 2. The Morgan fingerprint density at radius 3 is 1.80 bits per heavy atom. The summed E-state index contributed by atoms with van der Waals surface area (Å²) in [6, 6.07) is 0. The van der Waals surface area contributed by atoms with Crippen molar-refractivity contribution in [3.8, 4) is 0 Å². The van der Waals surface area contributed by atoms with Crippen LogP contribution in [0.1, 0.15) is 149 Å². The fourth-order valence-electron chi connectivity index (χ4n) is 6.91. The Morgan fingerprint density at radius 1 is 0.621 bits per heavy atom. The van der Waals surface area contributed by atoms with Gasteiger partial charge in [0.2, 0.25) is 0 Å². The molecule has 8 atom stereocenters. The Balaban J connectivity index is 2.56. The Kier molecular flexibility index (Phi) is 35.7. The van der Waals surface area contributed by atoms with E-state index >= 15 is 0 Å². The van der Waals surface area contributed by atoms with Crippen molar-refractivity contribution < 1.29 is 76.9 Å². The Morgan fingerprint density at radius 2 is 1.17 bits per heavy atom. The number of hydrogen-bond acceptors (Lipinski definition) is 13. The lowest BCUT2D eigenvalue weighted by Crippen LogP contribution is -2.30. The monoisotopic (exact) mass is 977 g/mol. The first-order chi connectivity index (χ1) is 31.6. The third-order valence-electron chi connectivity index (χ3n) is 10.6. The first-order valence-corrected chi connectivity index (χ1v) is 26.9. The van der Waals surface area contributed by atoms with Gasteiger partial charge in [0.05, 0.1) is 38.1 Å². The Bertz CT molecular complexity index is 1560. The average molecular weight is 977 g/mol. The lowest BCUT2D eigenvalue weighted by Gasteiger charge is -2.20. The quantitative estimate of drug-likeness (QED) is 0.0131. The number of ether oxygens (including phenoxy) is 2. The third-order valence-corrected chi connectivity index (χ3v) is 12.1. The SMILES string of the molecule is CCCCC/C=C\C/C=C\C/C=C\C/C=C\CCCCCC(=O)O[C@H](COC(=O)CCC/C=C/C[C@@H]1[C@@H](/C=C/[C@@H](O)CCCCC)[C@H](O)C[C@@H]1O)COP(=O)(O)OC[C@@H](O)COP(=O)(O)O. The molecule has 1 unspecified atom stereocenters. The molecule has 1 aliphatic carbocycles. The van der Waals surface area contributed by atoms with E-state index in [1.54, 1.807) is 6.08 Å². The largest absolute Gasteiger partial charge is 0.472 e. The summed E-state index contributed by atoms with van der Waals surface area (Å²) in [6.45, 7) is 1.32. The number of allylic oxidation sites excluding steroid dienone is 10. The van der Waals surface area contributed by atoms with E-state index in [1.807, 2.05) is 18.2 Å². The zero-order valence-corrected chi connectivity index (χ0v) is 41.1. The summed E-state index contributed by atoms with van der Waals surface area (Å²) in [5.41, 5.74) is 0. The van der Waals surface area contributed by atoms with Crippen LogP contribution in [0.4, 0.5) is 0 Å². The van der Waals surface area contributed by atoms with E-state index in [2.05, 4.69) is 71.5 Å². The molecule has 18 heteroatoms. The molecule has 1 rings (SSSR count). The number of phosphoric acid groups is 2. The predicted molar refractivity (Wildman–Crippen MR) is 255 cm³/mol. The zero-order chi connectivity index (χ0) is 48.9. The first-order valence-electron chi connectivity index (χ1n) is 23.9. The van der Waals surface area contributed by atoms with Gasteiger partial charge in [-0.05, 0) is 83.0 Å². The summed E-state index contributed by atoms with van der Waals surface area (Å²) in [6.07, 6.45) is 35.5. The molecule has 0 aliphatic heterocycles. The molecular weight excluding hydrogens is 894 g/mol. The number of aliphatic hydroxyl groups is 4. The van der Waals surface area contributed by atoms with Crippen LogP contribution in [0.3, 0.4) is 0 Å². The van der Waals surface area contributed by atoms with E-state index in [0.717, 1.165) is 64.2 Å². The van der Waals surface area contributed by atoms with Gasteiger partial charge in [-0.25, -0.2) is 9.13 Å². The number of hydrogen-bond donors (Lipinski definition) is 7. The Labute approximate surface area is 393 Å².